The van der Waals surface area contributed by atoms with Crippen LogP contribution in [0.15, 0.2) is 18.2 Å². The summed E-state index contributed by atoms with van der Waals surface area (Å²) < 4.78 is 0. The van der Waals surface area contributed by atoms with E-state index < -0.39 is 0 Å². The molecule has 1 amide bonds. The van der Waals surface area contributed by atoms with Crippen molar-refractivity contribution in [2.75, 3.05) is 6.54 Å². The summed E-state index contributed by atoms with van der Waals surface area (Å²) in [6.07, 6.45) is 7.14. The van der Waals surface area contributed by atoms with Crippen molar-refractivity contribution in [3.05, 3.63) is 34.9 Å². The van der Waals surface area contributed by atoms with Gasteiger partial charge in [0.05, 0.1) is 6.04 Å². The summed E-state index contributed by atoms with van der Waals surface area (Å²) in [5.74, 6) is 0.920. The summed E-state index contributed by atoms with van der Waals surface area (Å²) >= 11 is 0. The maximum absolute atomic E-state index is 12.4. The van der Waals surface area contributed by atoms with E-state index in [0.717, 1.165) is 25.3 Å². The van der Waals surface area contributed by atoms with Crippen LogP contribution < -0.4 is 10.6 Å². The van der Waals surface area contributed by atoms with Gasteiger partial charge in [0.25, 0.3) is 0 Å². The summed E-state index contributed by atoms with van der Waals surface area (Å²) in [4.78, 5) is 12.4. The molecule has 3 atom stereocenters. The minimum Gasteiger partial charge on any atom is -0.354 e. The van der Waals surface area contributed by atoms with E-state index >= 15 is 0 Å². The number of benzene rings is 1. The van der Waals surface area contributed by atoms with Crippen molar-refractivity contribution in [1.29, 1.82) is 0 Å². The maximum Gasteiger partial charge on any atom is 0.237 e. The average molecular weight is 300 g/mol. The number of aryl methyl sites for hydroxylation is 2. The lowest BCUT2D eigenvalue weighted by Crippen LogP contribution is -2.43. The van der Waals surface area contributed by atoms with Crippen molar-refractivity contribution >= 4 is 5.91 Å². The molecular formula is C19H28N2O. The molecule has 120 valence electrons. The molecule has 2 aliphatic rings. The summed E-state index contributed by atoms with van der Waals surface area (Å²) in [6.45, 7) is 5.03. The summed E-state index contributed by atoms with van der Waals surface area (Å²) in [5, 5.41) is 6.69. The number of fused-ring (bicyclic) bond motifs is 1. The van der Waals surface area contributed by atoms with Crippen LogP contribution in [0.3, 0.4) is 0 Å². The summed E-state index contributed by atoms with van der Waals surface area (Å²) in [6, 6.07) is 7.01. The standard InChI is InChI=1S/C19H28N2O/c1-13-6-5-7-14(2)16(13)10-11-20-19(22)18-12-15-8-3-4-9-17(15)21-18/h5-7,15,17-18,21H,3-4,8-12H2,1-2H3,(H,20,22). The molecule has 1 saturated heterocycles. The van der Waals surface area contributed by atoms with Crippen molar-refractivity contribution in [1.82, 2.24) is 10.6 Å². The highest BCUT2D eigenvalue weighted by molar-refractivity contribution is 5.82. The maximum atomic E-state index is 12.4. The molecule has 2 fully saturated rings. The van der Waals surface area contributed by atoms with Crippen LogP contribution in [0.25, 0.3) is 0 Å². The van der Waals surface area contributed by atoms with E-state index in [1.807, 2.05) is 0 Å². The molecule has 3 rings (SSSR count). The summed E-state index contributed by atoms with van der Waals surface area (Å²) in [5.41, 5.74) is 4.01. The van der Waals surface area contributed by atoms with Gasteiger partial charge in [0.2, 0.25) is 5.91 Å². The van der Waals surface area contributed by atoms with Gasteiger partial charge in [0.1, 0.15) is 0 Å². The van der Waals surface area contributed by atoms with E-state index in [4.69, 9.17) is 0 Å². The van der Waals surface area contributed by atoms with Gasteiger partial charge in [0.15, 0.2) is 0 Å². The van der Waals surface area contributed by atoms with Gasteiger partial charge >= 0.3 is 0 Å². The molecule has 0 radical (unpaired) electrons. The van der Waals surface area contributed by atoms with Crippen LogP contribution in [0.1, 0.15) is 48.8 Å². The van der Waals surface area contributed by atoms with Gasteiger partial charge in [-0.3, -0.25) is 4.79 Å². The van der Waals surface area contributed by atoms with Crippen molar-refractivity contribution in [3.8, 4) is 0 Å². The van der Waals surface area contributed by atoms with E-state index in [1.165, 1.54) is 42.4 Å². The van der Waals surface area contributed by atoms with Crippen molar-refractivity contribution in [2.45, 2.75) is 64.5 Å². The first-order valence-corrected chi connectivity index (χ1v) is 8.74. The Kier molecular flexibility index (Phi) is 4.82. The molecule has 1 saturated carbocycles. The zero-order valence-corrected chi connectivity index (χ0v) is 13.8. The quantitative estimate of drug-likeness (QED) is 0.898. The Hall–Kier alpha value is -1.35. The van der Waals surface area contributed by atoms with Gasteiger partial charge in [-0.25, -0.2) is 0 Å². The Morgan fingerprint density at radius 1 is 1.23 bits per heavy atom. The molecule has 1 aliphatic heterocycles. The fourth-order valence-corrected chi connectivity index (χ4v) is 4.20. The number of carbonyl (C=O) groups excluding carboxylic acids is 1. The SMILES string of the molecule is Cc1cccc(C)c1CCNC(=O)C1CC2CCCCC2N1. The lowest BCUT2D eigenvalue weighted by Gasteiger charge is -2.24. The molecule has 1 aliphatic carbocycles. The van der Waals surface area contributed by atoms with Crippen molar-refractivity contribution < 1.29 is 4.79 Å². The molecule has 3 heteroatoms. The number of nitrogens with one attached hydrogen (secondary N) is 2. The van der Waals surface area contributed by atoms with Crippen LogP contribution in [-0.2, 0) is 11.2 Å². The van der Waals surface area contributed by atoms with Gasteiger partial charge in [-0.1, -0.05) is 31.0 Å². The fraction of sp³-hybridized carbons (Fsp3) is 0.632. The van der Waals surface area contributed by atoms with Crippen LogP contribution in [0.5, 0.6) is 0 Å². The molecule has 22 heavy (non-hydrogen) atoms. The molecule has 0 aromatic heterocycles. The minimum atomic E-state index is 0.0334. The van der Waals surface area contributed by atoms with Gasteiger partial charge in [-0.15, -0.1) is 0 Å². The Labute approximate surface area is 133 Å². The molecule has 3 nitrogen and oxygen atoms in total. The molecule has 3 unspecified atom stereocenters. The fourth-order valence-electron chi connectivity index (χ4n) is 4.20. The van der Waals surface area contributed by atoms with E-state index in [1.54, 1.807) is 0 Å². The zero-order valence-electron chi connectivity index (χ0n) is 13.8. The Balaban J connectivity index is 1.49. The monoisotopic (exact) mass is 300 g/mol. The Bertz CT molecular complexity index is 506. The predicted molar refractivity (Wildman–Crippen MR) is 89.9 cm³/mol. The van der Waals surface area contributed by atoms with E-state index in [2.05, 4.69) is 42.7 Å². The van der Waals surface area contributed by atoms with E-state index in [9.17, 15) is 4.79 Å². The highest BCUT2D eigenvalue weighted by atomic mass is 16.2. The van der Waals surface area contributed by atoms with E-state index in [0.29, 0.717) is 6.04 Å². The third-order valence-electron chi connectivity index (χ3n) is 5.50. The first-order valence-electron chi connectivity index (χ1n) is 8.74. The second-order valence-electron chi connectivity index (χ2n) is 7.02. The second kappa shape index (κ2) is 6.82. The first-order chi connectivity index (χ1) is 10.6. The number of rotatable bonds is 4. The van der Waals surface area contributed by atoms with Crippen molar-refractivity contribution in [2.24, 2.45) is 5.92 Å². The van der Waals surface area contributed by atoms with E-state index in [-0.39, 0.29) is 11.9 Å². The van der Waals surface area contributed by atoms with Gasteiger partial charge in [-0.2, -0.15) is 0 Å². The van der Waals surface area contributed by atoms with Gasteiger partial charge < -0.3 is 10.6 Å². The summed E-state index contributed by atoms with van der Waals surface area (Å²) in [7, 11) is 0. The predicted octanol–water partition coefficient (Wildman–Crippen LogP) is 2.88. The molecule has 0 spiro atoms. The minimum absolute atomic E-state index is 0.0334. The lowest BCUT2D eigenvalue weighted by molar-refractivity contribution is -0.122. The third-order valence-corrected chi connectivity index (χ3v) is 5.50. The molecule has 0 bridgehead atoms. The molecule has 1 aromatic rings. The lowest BCUT2D eigenvalue weighted by atomic mass is 9.85. The largest absolute Gasteiger partial charge is 0.354 e. The van der Waals surface area contributed by atoms with Crippen LogP contribution in [-0.4, -0.2) is 24.5 Å². The third kappa shape index (κ3) is 3.35. The number of amides is 1. The Morgan fingerprint density at radius 2 is 1.95 bits per heavy atom. The van der Waals surface area contributed by atoms with Crippen LogP contribution in [0, 0.1) is 19.8 Å². The first kappa shape index (κ1) is 15.5. The van der Waals surface area contributed by atoms with Gasteiger partial charge in [0, 0.05) is 12.6 Å². The average Bonchev–Trinajstić information content (AvgIpc) is 2.94. The smallest absolute Gasteiger partial charge is 0.237 e. The van der Waals surface area contributed by atoms with Gasteiger partial charge in [-0.05, 0) is 62.1 Å². The topological polar surface area (TPSA) is 41.1 Å². The normalized spacial score (nSPS) is 27.5. The molecule has 2 N–H and O–H groups in total. The Morgan fingerprint density at radius 3 is 2.68 bits per heavy atom. The molecule has 1 heterocycles. The van der Waals surface area contributed by atoms with Crippen LogP contribution in [0.2, 0.25) is 0 Å². The van der Waals surface area contributed by atoms with Crippen LogP contribution in [0.4, 0.5) is 0 Å². The highest BCUT2D eigenvalue weighted by Crippen LogP contribution is 2.33. The van der Waals surface area contributed by atoms with Crippen LogP contribution >= 0.6 is 0 Å². The second-order valence-corrected chi connectivity index (χ2v) is 7.02. The molecular weight excluding hydrogens is 272 g/mol. The number of hydrogen-bond donors (Lipinski definition) is 2. The number of hydrogen-bond acceptors (Lipinski definition) is 2. The highest BCUT2D eigenvalue weighted by Gasteiger charge is 2.37. The van der Waals surface area contributed by atoms with Crippen molar-refractivity contribution in [3.63, 3.8) is 0 Å². The zero-order chi connectivity index (χ0) is 15.5. The molecule has 1 aromatic carbocycles. The number of carbonyl (C=O) groups is 1.